The van der Waals surface area contributed by atoms with Crippen molar-refractivity contribution in [1.82, 2.24) is 5.32 Å². The summed E-state index contributed by atoms with van der Waals surface area (Å²) in [7, 11) is -1.35. The molecule has 2 atom stereocenters. The third-order valence-electron chi connectivity index (χ3n) is 2.98. The number of benzene rings is 1. The fourth-order valence-electron chi connectivity index (χ4n) is 1.90. The molecule has 6 heteroatoms. The van der Waals surface area contributed by atoms with E-state index in [1.54, 1.807) is 0 Å². The molecule has 1 unspecified atom stereocenters. The average Bonchev–Trinajstić information content (AvgIpc) is 2.32. The lowest BCUT2D eigenvalue weighted by molar-refractivity contribution is -0.140. The Hall–Kier alpha value is -1.69. The van der Waals surface area contributed by atoms with Gasteiger partial charge in [-0.1, -0.05) is 18.2 Å². The Bertz CT molecular complexity index is 522. The van der Waals surface area contributed by atoms with E-state index in [1.807, 2.05) is 32.0 Å². The summed E-state index contributed by atoms with van der Waals surface area (Å²) < 4.78 is 12.1. The van der Waals surface area contributed by atoms with Crippen LogP contribution in [0.3, 0.4) is 0 Å². The van der Waals surface area contributed by atoms with Gasteiger partial charge in [-0.3, -0.25) is 9.00 Å². The quantitative estimate of drug-likeness (QED) is 0.825. The topological polar surface area (TPSA) is 83.5 Å². The summed E-state index contributed by atoms with van der Waals surface area (Å²) in [5, 5.41) is 11.3. The minimum atomic E-state index is -1.35. The van der Waals surface area contributed by atoms with E-state index in [0.717, 1.165) is 16.7 Å². The number of hydrogen-bond acceptors (Lipinski definition) is 3. The van der Waals surface area contributed by atoms with Crippen LogP contribution in [0.25, 0.3) is 0 Å². The highest BCUT2D eigenvalue weighted by molar-refractivity contribution is 7.84. The van der Waals surface area contributed by atoms with Crippen LogP contribution in [0.5, 0.6) is 0 Å². The second-order valence-electron chi connectivity index (χ2n) is 4.71. The maximum Gasteiger partial charge on any atom is 0.327 e. The highest BCUT2D eigenvalue weighted by atomic mass is 32.2. The van der Waals surface area contributed by atoms with E-state index in [4.69, 9.17) is 5.11 Å². The molecule has 1 aromatic carbocycles. The zero-order chi connectivity index (χ0) is 15.3. The van der Waals surface area contributed by atoms with Crippen molar-refractivity contribution >= 4 is 22.7 Å². The van der Waals surface area contributed by atoms with Crippen LogP contribution in [-0.2, 0) is 26.1 Å². The Balaban J connectivity index is 2.76. The van der Waals surface area contributed by atoms with Crippen molar-refractivity contribution in [2.75, 3.05) is 5.75 Å². The predicted molar refractivity (Wildman–Crippen MR) is 77.9 cm³/mol. The van der Waals surface area contributed by atoms with E-state index >= 15 is 0 Å². The van der Waals surface area contributed by atoms with E-state index < -0.39 is 28.7 Å². The zero-order valence-corrected chi connectivity index (χ0v) is 12.6. The number of carbonyl (C=O) groups is 2. The van der Waals surface area contributed by atoms with Crippen LogP contribution in [0.1, 0.15) is 23.6 Å². The second kappa shape index (κ2) is 7.19. The maximum atomic E-state index is 12.1. The van der Waals surface area contributed by atoms with Gasteiger partial charge in [0, 0.05) is 23.5 Å². The molecule has 0 bridgehead atoms. The summed E-state index contributed by atoms with van der Waals surface area (Å²) in [4.78, 5) is 21.9. The van der Waals surface area contributed by atoms with Gasteiger partial charge < -0.3 is 10.4 Å². The van der Waals surface area contributed by atoms with Crippen molar-refractivity contribution in [3.8, 4) is 0 Å². The van der Waals surface area contributed by atoms with E-state index in [1.165, 1.54) is 6.92 Å². The maximum absolute atomic E-state index is 12.1. The molecule has 0 aliphatic carbocycles. The molecule has 1 amide bonds. The van der Waals surface area contributed by atoms with Gasteiger partial charge in [-0.2, -0.15) is 0 Å². The van der Waals surface area contributed by atoms with Crippen LogP contribution in [0, 0.1) is 13.8 Å². The lowest BCUT2D eigenvalue weighted by Gasteiger charge is -2.14. The number of aryl methyl sites for hydroxylation is 2. The van der Waals surface area contributed by atoms with Crippen LogP contribution < -0.4 is 5.32 Å². The Labute approximate surface area is 120 Å². The molecule has 1 aromatic rings. The Morgan fingerprint density at radius 1 is 1.30 bits per heavy atom. The van der Waals surface area contributed by atoms with Gasteiger partial charge in [0.15, 0.2) is 0 Å². The molecule has 5 nitrogen and oxygen atoms in total. The number of hydrogen-bond donors (Lipinski definition) is 2. The van der Waals surface area contributed by atoms with Crippen LogP contribution >= 0.6 is 0 Å². The molecule has 0 fully saturated rings. The largest absolute Gasteiger partial charge is 0.480 e. The summed E-state index contributed by atoms with van der Waals surface area (Å²) in [6.45, 7) is 5.11. The Morgan fingerprint density at radius 3 is 2.30 bits per heavy atom. The molecule has 0 radical (unpaired) electrons. The summed E-state index contributed by atoms with van der Waals surface area (Å²) in [5.41, 5.74) is 3.03. The normalized spacial score (nSPS) is 13.6. The van der Waals surface area contributed by atoms with Crippen molar-refractivity contribution < 1.29 is 18.9 Å². The minimum Gasteiger partial charge on any atom is -0.480 e. The van der Waals surface area contributed by atoms with Crippen molar-refractivity contribution in [3.05, 3.63) is 34.9 Å². The Kier molecular flexibility index (Phi) is 5.88. The molecule has 0 aliphatic rings. The summed E-state index contributed by atoms with van der Waals surface area (Å²) >= 11 is 0. The molecule has 0 heterocycles. The van der Waals surface area contributed by atoms with Crippen LogP contribution in [0.15, 0.2) is 18.2 Å². The summed E-state index contributed by atoms with van der Waals surface area (Å²) in [6, 6.07) is 4.68. The van der Waals surface area contributed by atoms with Crippen molar-refractivity contribution in [2.45, 2.75) is 32.6 Å². The SMILES string of the molecule is CC(=O)N[C@@H](CS(=O)Cc1c(C)cccc1C)C(=O)O. The van der Waals surface area contributed by atoms with Crippen LogP contribution in [0.2, 0.25) is 0 Å². The van der Waals surface area contributed by atoms with Gasteiger partial charge in [0.25, 0.3) is 0 Å². The molecular formula is C14H19NO4S. The molecule has 2 N–H and O–H groups in total. The number of nitrogens with one attached hydrogen (secondary N) is 1. The number of carboxylic acids is 1. The molecule has 0 saturated heterocycles. The molecule has 0 aliphatic heterocycles. The zero-order valence-electron chi connectivity index (χ0n) is 11.8. The highest BCUT2D eigenvalue weighted by Gasteiger charge is 2.21. The van der Waals surface area contributed by atoms with Crippen molar-refractivity contribution in [1.29, 1.82) is 0 Å². The fraction of sp³-hybridized carbons (Fsp3) is 0.429. The first-order chi connectivity index (χ1) is 9.31. The van der Waals surface area contributed by atoms with E-state index in [-0.39, 0.29) is 5.75 Å². The van der Waals surface area contributed by atoms with Gasteiger partial charge in [-0.05, 0) is 30.5 Å². The van der Waals surface area contributed by atoms with Crippen LogP contribution in [0.4, 0.5) is 0 Å². The highest BCUT2D eigenvalue weighted by Crippen LogP contribution is 2.15. The predicted octanol–water partition coefficient (Wildman–Crippen LogP) is 1.14. The standard InChI is InChI=1S/C14H19NO4S/c1-9-5-4-6-10(2)12(9)7-20(19)8-13(14(17)18)15-11(3)16/h4-6,13H,7-8H2,1-3H3,(H,15,16)(H,17,18)/t13-,20?/m0/s1. The van der Waals surface area contributed by atoms with Gasteiger partial charge in [0.1, 0.15) is 6.04 Å². The number of amides is 1. The lowest BCUT2D eigenvalue weighted by atomic mass is 10.1. The lowest BCUT2D eigenvalue weighted by Crippen LogP contribution is -2.43. The summed E-state index contributed by atoms with van der Waals surface area (Å²) in [5.74, 6) is -1.42. The molecule has 20 heavy (non-hydrogen) atoms. The summed E-state index contributed by atoms with van der Waals surface area (Å²) in [6.07, 6.45) is 0. The van der Waals surface area contributed by atoms with E-state index in [2.05, 4.69) is 5.32 Å². The first kappa shape index (κ1) is 16.4. The molecule has 0 spiro atoms. The monoisotopic (exact) mass is 297 g/mol. The van der Waals surface area contributed by atoms with Gasteiger partial charge in [-0.25, -0.2) is 4.79 Å². The molecule has 110 valence electrons. The molecular weight excluding hydrogens is 278 g/mol. The minimum absolute atomic E-state index is 0.0946. The Morgan fingerprint density at radius 2 is 1.85 bits per heavy atom. The first-order valence-electron chi connectivity index (χ1n) is 6.21. The molecule has 0 saturated carbocycles. The smallest absolute Gasteiger partial charge is 0.327 e. The van der Waals surface area contributed by atoms with Crippen molar-refractivity contribution in [2.24, 2.45) is 0 Å². The molecule has 0 aromatic heterocycles. The van der Waals surface area contributed by atoms with Gasteiger partial charge in [-0.15, -0.1) is 0 Å². The molecule has 1 rings (SSSR count). The first-order valence-corrected chi connectivity index (χ1v) is 7.70. The van der Waals surface area contributed by atoms with Crippen LogP contribution in [-0.4, -0.2) is 33.0 Å². The van der Waals surface area contributed by atoms with Gasteiger partial charge in [0.05, 0.1) is 5.75 Å². The van der Waals surface area contributed by atoms with Crippen molar-refractivity contribution in [3.63, 3.8) is 0 Å². The van der Waals surface area contributed by atoms with E-state index in [0.29, 0.717) is 5.75 Å². The van der Waals surface area contributed by atoms with Gasteiger partial charge >= 0.3 is 5.97 Å². The van der Waals surface area contributed by atoms with Gasteiger partial charge in [0.2, 0.25) is 5.91 Å². The average molecular weight is 297 g/mol. The fourth-order valence-corrected chi connectivity index (χ4v) is 3.40. The number of aliphatic carboxylic acids is 1. The third kappa shape index (κ3) is 4.77. The third-order valence-corrected chi connectivity index (χ3v) is 4.29. The number of carboxylic acid groups (broad SMARTS) is 1. The number of carbonyl (C=O) groups excluding carboxylic acids is 1. The second-order valence-corrected chi connectivity index (χ2v) is 6.21. The number of rotatable bonds is 6. The van der Waals surface area contributed by atoms with E-state index in [9.17, 15) is 13.8 Å².